The van der Waals surface area contributed by atoms with Gasteiger partial charge in [-0.15, -0.1) is 0 Å². The van der Waals surface area contributed by atoms with Gasteiger partial charge < -0.3 is 0 Å². The maximum atomic E-state index is 11.6. The minimum absolute atomic E-state index is 0.204. The number of hydrogen-bond acceptors (Lipinski definition) is 3. The second-order valence-corrected chi connectivity index (χ2v) is 4.48. The molecule has 1 saturated carbocycles. The van der Waals surface area contributed by atoms with E-state index >= 15 is 0 Å². The summed E-state index contributed by atoms with van der Waals surface area (Å²) in [7, 11) is 0. The van der Waals surface area contributed by atoms with Crippen LogP contribution in [0.1, 0.15) is 33.6 Å². The first-order valence-electron chi connectivity index (χ1n) is 4.44. The Balaban J connectivity index is 2.89. The molecule has 0 radical (unpaired) electrons. The number of Topliss-reactive ketones (excluding diaryl/α,β-unsaturated/α-hetero) is 3. The van der Waals surface area contributed by atoms with Crippen molar-refractivity contribution in [3.63, 3.8) is 0 Å². The van der Waals surface area contributed by atoms with Crippen LogP contribution in [0.3, 0.4) is 0 Å². The van der Waals surface area contributed by atoms with Crippen LogP contribution >= 0.6 is 0 Å². The average Bonchev–Trinajstić information content (AvgIpc) is 2.28. The zero-order valence-electron chi connectivity index (χ0n) is 8.22. The van der Waals surface area contributed by atoms with Crippen molar-refractivity contribution in [2.45, 2.75) is 33.6 Å². The Labute approximate surface area is 77.5 Å². The third kappa shape index (κ3) is 1.85. The Kier molecular flexibility index (Phi) is 2.37. The molecule has 0 heterocycles. The lowest BCUT2D eigenvalue weighted by Gasteiger charge is -2.19. The minimum atomic E-state index is -0.958. The van der Waals surface area contributed by atoms with E-state index < -0.39 is 11.3 Å². The molecular formula is C10H14O3. The largest absolute Gasteiger partial charge is 0.298 e. The van der Waals surface area contributed by atoms with Gasteiger partial charge in [0.25, 0.3) is 0 Å². The van der Waals surface area contributed by atoms with Crippen molar-refractivity contribution >= 4 is 17.3 Å². The van der Waals surface area contributed by atoms with E-state index in [0.717, 1.165) is 0 Å². The fourth-order valence-electron chi connectivity index (χ4n) is 1.44. The number of ketones is 3. The van der Waals surface area contributed by atoms with Crippen molar-refractivity contribution in [3.05, 3.63) is 0 Å². The molecular weight excluding hydrogens is 168 g/mol. The molecule has 0 aliphatic heterocycles. The van der Waals surface area contributed by atoms with Crippen molar-refractivity contribution in [1.82, 2.24) is 0 Å². The van der Waals surface area contributed by atoms with Crippen LogP contribution in [0.2, 0.25) is 0 Å². The molecule has 0 unspecified atom stereocenters. The molecule has 0 N–H and O–H groups in total. The summed E-state index contributed by atoms with van der Waals surface area (Å²) in [5.41, 5.74) is -0.597. The van der Waals surface area contributed by atoms with Gasteiger partial charge >= 0.3 is 0 Å². The second kappa shape index (κ2) is 3.05. The molecule has 0 aromatic carbocycles. The summed E-state index contributed by atoms with van der Waals surface area (Å²) in [5, 5.41) is 0. The Morgan fingerprint density at radius 3 is 1.85 bits per heavy atom. The smallest absolute Gasteiger partial charge is 0.156 e. The first kappa shape index (κ1) is 10.1. The molecule has 3 heteroatoms. The van der Waals surface area contributed by atoms with Crippen molar-refractivity contribution in [1.29, 1.82) is 0 Å². The van der Waals surface area contributed by atoms with Gasteiger partial charge in [-0.25, -0.2) is 0 Å². The molecule has 1 rings (SSSR count). The Hall–Kier alpha value is -0.990. The summed E-state index contributed by atoms with van der Waals surface area (Å²) >= 11 is 0. The van der Waals surface area contributed by atoms with Crippen molar-refractivity contribution < 1.29 is 14.4 Å². The highest BCUT2D eigenvalue weighted by Gasteiger charge is 2.42. The fourth-order valence-corrected chi connectivity index (χ4v) is 1.44. The summed E-state index contributed by atoms with van der Waals surface area (Å²) in [6.07, 6.45) is 0.483. The van der Waals surface area contributed by atoms with E-state index in [0.29, 0.717) is 0 Å². The average molecular weight is 182 g/mol. The van der Waals surface area contributed by atoms with Crippen LogP contribution in [-0.2, 0) is 14.4 Å². The summed E-state index contributed by atoms with van der Waals surface area (Å²) in [6.45, 7) is 5.19. The molecule has 0 bridgehead atoms. The number of hydrogen-bond donors (Lipinski definition) is 0. The molecule has 13 heavy (non-hydrogen) atoms. The molecule has 0 aromatic rings. The first-order valence-corrected chi connectivity index (χ1v) is 4.44. The van der Waals surface area contributed by atoms with E-state index in [1.54, 1.807) is 20.8 Å². The van der Waals surface area contributed by atoms with Gasteiger partial charge in [-0.3, -0.25) is 14.4 Å². The van der Waals surface area contributed by atoms with E-state index in [9.17, 15) is 14.4 Å². The maximum Gasteiger partial charge on any atom is 0.156 e. The number of rotatable bonds is 1. The van der Waals surface area contributed by atoms with Crippen LogP contribution in [0.4, 0.5) is 0 Å². The van der Waals surface area contributed by atoms with E-state index in [1.165, 1.54) is 0 Å². The first-order chi connectivity index (χ1) is 5.84. The summed E-state index contributed by atoms with van der Waals surface area (Å²) in [4.78, 5) is 34.1. The van der Waals surface area contributed by atoms with E-state index in [4.69, 9.17) is 0 Å². The van der Waals surface area contributed by atoms with E-state index in [2.05, 4.69) is 0 Å². The Morgan fingerprint density at radius 2 is 1.54 bits per heavy atom. The summed E-state index contributed by atoms with van der Waals surface area (Å²) in [5.74, 6) is -1.60. The van der Waals surface area contributed by atoms with Gasteiger partial charge in [0.1, 0.15) is 5.92 Å². The van der Waals surface area contributed by atoms with Crippen LogP contribution in [0.15, 0.2) is 0 Å². The highest BCUT2D eigenvalue weighted by atomic mass is 16.2. The Morgan fingerprint density at radius 1 is 1.15 bits per heavy atom. The zero-order valence-corrected chi connectivity index (χ0v) is 8.22. The SMILES string of the molecule is CC(C)(C)C(=O)C1C(=O)CCC1=O. The fraction of sp³-hybridized carbons (Fsp3) is 0.700. The minimum Gasteiger partial charge on any atom is -0.298 e. The van der Waals surface area contributed by atoms with Crippen LogP contribution in [0.5, 0.6) is 0 Å². The third-order valence-electron chi connectivity index (χ3n) is 2.26. The molecule has 0 atom stereocenters. The molecule has 1 aliphatic carbocycles. The quantitative estimate of drug-likeness (QED) is 0.571. The monoisotopic (exact) mass is 182 g/mol. The third-order valence-corrected chi connectivity index (χ3v) is 2.26. The van der Waals surface area contributed by atoms with E-state index in [1.807, 2.05) is 0 Å². The molecule has 0 aromatic heterocycles. The second-order valence-electron chi connectivity index (χ2n) is 4.48. The van der Waals surface area contributed by atoms with Gasteiger partial charge in [0, 0.05) is 18.3 Å². The van der Waals surface area contributed by atoms with Crippen molar-refractivity contribution in [3.8, 4) is 0 Å². The van der Waals surface area contributed by atoms with Gasteiger partial charge in [0.05, 0.1) is 0 Å². The van der Waals surface area contributed by atoms with E-state index in [-0.39, 0.29) is 30.2 Å². The highest BCUT2D eigenvalue weighted by molar-refractivity contribution is 6.24. The Bertz CT molecular complexity index is 254. The van der Waals surface area contributed by atoms with Gasteiger partial charge in [0.15, 0.2) is 17.3 Å². The summed E-state index contributed by atoms with van der Waals surface area (Å²) < 4.78 is 0. The van der Waals surface area contributed by atoms with Gasteiger partial charge in [-0.2, -0.15) is 0 Å². The van der Waals surface area contributed by atoms with Crippen LogP contribution in [-0.4, -0.2) is 17.3 Å². The lowest BCUT2D eigenvalue weighted by molar-refractivity contribution is -0.140. The van der Waals surface area contributed by atoms with Crippen LogP contribution in [0.25, 0.3) is 0 Å². The predicted octanol–water partition coefficient (Wildman–Crippen LogP) is 1.15. The molecule has 0 saturated heterocycles. The van der Waals surface area contributed by atoms with Gasteiger partial charge in [-0.1, -0.05) is 20.8 Å². The van der Waals surface area contributed by atoms with Crippen LogP contribution < -0.4 is 0 Å². The predicted molar refractivity (Wildman–Crippen MR) is 47.2 cm³/mol. The molecule has 1 aliphatic rings. The van der Waals surface area contributed by atoms with Crippen molar-refractivity contribution in [2.75, 3.05) is 0 Å². The van der Waals surface area contributed by atoms with Gasteiger partial charge in [-0.05, 0) is 0 Å². The van der Waals surface area contributed by atoms with Gasteiger partial charge in [0.2, 0.25) is 0 Å². The normalized spacial score (nSPS) is 19.6. The molecule has 0 amide bonds. The zero-order chi connectivity index (χ0) is 10.2. The highest BCUT2D eigenvalue weighted by Crippen LogP contribution is 2.27. The lowest BCUT2D eigenvalue weighted by Crippen LogP contribution is -2.34. The molecule has 0 spiro atoms. The lowest BCUT2D eigenvalue weighted by atomic mass is 9.81. The molecule has 3 nitrogen and oxygen atoms in total. The maximum absolute atomic E-state index is 11.6. The van der Waals surface area contributed by atoms with Crippen LogP contribution in [0, 0.1) is 11.3 Å². The summed E-state index contributed by atoms with van der Waals surface area (Å²) in [6, 6.07) is 0. The standard InChI is InChI=1S/C10H14O3/c1-10(2,3)9(13)8-6(11)4-5-7(8)12/h8H,4-5H2,1-3H3. The van der Waals surface area contributed by atoms with Crippen molar-refractivity contribution in [2.24, 2.45) is 11.3 Å². The molecule has 72 valence electrons. The number of carbonyl (C=O) groups is 3. The molecule has 1 fully saturated rings. The number of carbonyl (C=O) groups excluding carboxylic acids is 3. The topological polar surface area (TPSA) is 51.2 Å².